The average Bonchev–Trinajstić information content (AvgIpc) is 2.29. The first-order valence-corrected chi connectivity index (χ1v) is 7.85. The van der Waals surface area contributed by atoms with Gasteiger partial charge in [0, 0.05) is 0 Å². The lowest BCUT2D eigenvalue weighted by molar-refractivity contribution is -0.137. The summed E-state index contributed by atoms with van der Waals surface area (Å²) in [5, 5.41) is 9.13. The normalized spacial score (nSPS) is 13.1. The summed E-state index contributed by atoms with van der Waals surface area (Å²) < 4.78 is 24.9. The van der Waals surface area contributed by atoms with Crippen LogP contribution in [0.4, 0.5) is 5.69 Å². The van der Waals surface area contributed by atoms with E-state index >= 15 is 0 Å². The number of hydrogen-bond acceptors (Lipinski definition) is 3. The maximum absolute atomic E-state index is 12.0. The van der Waals surface area contributed by atoms with E-state index in [0.29, 0.717) is 12.1 Å². The van der Waals surface area contributed by atoms with Gasteiger partial charge in [0.05, 0.1) is 11.9 Å². The van der Waals surface area contributed by atoms with E-state index in [1.165, 1.54) is 6.92 Å². The minimum Gasteiger partial charge on any atom is -0.480 e. The average molecular weight is 285 g/mol. The molecule has 0 spiro atoms. The summed E-state index contributed by atoms with van der Waals surface area (Å²) in [6, 6.07) is 4.29. The van der Waals surface area contributed by atoms with Crippen molar-refractivity contribution in [1.82, 2.24) is 0 Å². The number of carboxylic acid groups (broad SMARTS) is 1. The molecule has 0 saturated heterocycles. The fourth-order valence-corrected chi connectivity index (χ4v) is 3.32. The molecule has 1 N–H and O–H groups in total. The van der Waals surface area contributed by atoms with Crippen molar-refractivity contribution in [1.29, 1.82) is 0 Å². The molecule has 0 bridgehead atoms. The topological polar surface area (TPSA) is 74.7 Å². The summed E-state index contributed by atoms with van der Waals surface area (Å²) in [5.74, 6) is -1.17. The van der Waals surface area contributed by atoms with Crippen molar-refractivity contribution in [2.75, 3.05) is 10.6 Å². The highest BCUT2D eigenvalue weighted by Gasteiger charge is 2.31. The quantitative estimate of drug-likeness (QED) is 0.895. The van der Waals surface area contributed by atoms with Crippen LogP contribution in [-0.4, -0.2) is 31.8 Å². The van der Waals surface area contributed by atoms with Crippen molar-refractivity contribution in [2.24, 2.45) is 0 Å². The second kappa shape index (κ2) is 5.61. The Balaban J connectivity index is 3.55. The number of carbonyl (C=O) groups is 1. The summed E-state index contributed by atoms with van der Waals surface area (Å²) in [4.78, 5) is 11.2. The molecule has 0 aliphatic carbocycles. The number of benzene rings is 1. The van der Waals surface area contributed by atoms with Gasteiger partial charge < -0.3 is 5.11 Å². The summed E-state index contributed by atoms with van der Waals surface area (Å²) >= 11 is 0. The Morgan fingerprint density at radius 2 is 2.00 bits per heavy atom. The number of nitrogens with zero attached hydrogens (tertiary/aromatic N) is 1. The third kappa shape index (κ3) is 3.26. The second-order valence-corrected chi connectivity index (χ2v) is 6.37. The Labute approximate surface area is 113 Å². The number of hydrogen-bond donors (Lipinski definition) is 1. The van der Waals surface area contributed by atoms with Crippen LogP contribution < -0.4 is 4.31 Å². The largest absolute Gasteiger partial charge is 0.480 e. The Morgan fingerprint density at radius 3 is 2.42 bits per heavy atom. The number of sulfonamides is 1. The number of para-hydroxylation sites is 1. The molecule has 0 aliphatic rings. The molecule has 0 saturated carbocycles. The van der Waals surface area contributed by atoms with Crippen molar-refractivity contribution >= 4 is 21.7 Å². The van der Waals surface area contributed by atoms with Gasteiger partial charge in [-0.1, -0.05) is 25.1 Å². The van der Waals surface area contributed by atoms with Gasteiger partial charge in [-0.3, -0.25) is 4.31 Å². The summed E-state index contributed by atoms with van der Waals surface area (Å²) in [5.41, 5.74) is 2.04. The number of aliphatic carboxylic acids is 1. The van der Waals surface area contributed by atoms with E-state index in [0.717, 1.165) is 21.7 Å². The Morgan fingerprint density at radius 1 is 1.42 bits per heavy atom. The van der Waals surface area contributed by atoms with Gasteiger partial charge in [-0.2, -0.15) is 0 Å². The smallest absolute Gasteiger partial charge is 0.327 e. The van der Waals surface area contributed by atoms with E-state index < -0.39 is 22.0 Å². The molecule has 0 amide bonds. The van der Waals surface area contributed by atoms with Gasteiger partial charge >= 0.3 is 5.97 Å². The second-order valence-electron chi connectivity index (χ2n) is 4.51. The maximum Gasteiger partial charge on any atom is 0.327 e. The third-order valence-electron chi connectivity index (χ3n) is 2.99. The van der Waals surface area contributed by atoms with Crippen LogP contribution in [0.25, 0.3) is 0 Å². The first kappa shape index (κ1) is 15.5. The zero-order valence-electron chi connectivity index (χ0n) is 11.5. The number of aryl methyl sites for hydroxylation is 2. The van der Waals surface area contributed by atoms with Crippen LogP contribution in [0.3, 0.4) is 0 Å². The zero-order chi connectivity index (χ0) is 14.8. The molecule has 0 fully saturated rings. The van der Waals surface area contributed by atoms with Gasteiger partial charge in [-0.05, 0) is 31.4 Å². The Hall–Kier alpha value is -1.56. The van der Waals surface area contributed by atoms with Crippen LogP contribution in [-0.2, 0) is 21.2 Å². The van der Waals surface area contributed by atoms with E-state index in [1.54, 1.807) is 13.0 Å². The maximum atomic E-state index is 12.0. The van der Waals surface area contributed by atoms with Gasteiger partial charge in [-0.25, -0.2) is 13.2 Å². The van der Waals surface area contributed by atoms with Crippen molar-refractivity contribution < 1.29 is 18.3 Å². The summed E-state index contributed by atoms with van der Waals surface area (Å²) in [6.45, 7) is 5.06. The fourth-order valence-electron chi connectivity index (χ4n) is 2.07. The van der Waals surface area contributed by atoms with E-state index in [2.05, 4.69) is 0 Å². The van der Waals surface area contributed by atoms with Crippen LogP contribution in [0.1, 0.15) is 25.0 Å². The molecular weight excluding hydrogens is 266 g/mol. The molecule has 6 heteroatoms. The van der Waals surface area contributed by atoms with Crippen LogP contribution >= 0.6 is 0 Å². The fraction of sp³-hybridized carbons (Fsp3) is 0.462. The summed E-state index contributed by atoms with van der Waals surface area (Å²) in [6.07, 6.45) is 1.66. The Kier molecular flexibility index (Phi) is 4.57. The van der Waals surface area contributed by atoms with Gasteiger partial charge in [0.1, 0.15) is 6.04 Å². The Bertz CT molecular complexity index is 580. The van der Waals surface area contributed by atoms with Gasteiger partial charge in [0.25, 0.3) is 0 Å². The molecule has 1 unspecified atom stereocenters. The van der Waals surface area contributed by atoms with Crippen molar-refractivity contribution in [3.8, 4) is 0 Å². The van der Waals surface area contributed by atoms with Crippen LogP contribution in [0.5, 0.6) is 0 Å². The van der Waals surface area contributed by atoms with Crippen LogP contribution in [0, 0.1) is 6.92 Å². The lowest BCUT2D eigenvalue weighted by Gasteiger charge is -2.29. The zero-order valence-corrected chi connectivity index (χ0v) is 12.4. The van der Waals surface area contributed by atoms with Crippen LogP contribution in [0.2, 0.25) is 0 Å². The molecule has 1 atom stereocenters. The van der Waals surface area contributed by atoms with Gasteiger partial charge in [0.2, 0.25) is 10.0 Å². The molecule has 1 rings (SSSR count). The van der Waals surface area contributed by atoms with E-state index in [-0.39, 0.29) is 0 Å². The van der Waals surface area contributed by atoms with Crippen LogP contribution in [0.15, 0.2) is 18.2 Å². The SMILES string of the molecule is CCc1cccc(C)c1N(C(C)C(=O)O)S(C)(=O)=O. The van der Waals surface area contributed by atoms with Crippen molar-refractivity contribution in [2.45, 2.75) is 33.2 Å². The highest BCUT2D eigenvalue weighted by molar-refractivity contribution is 7.92. The first-order chi connectivity index (χ1) is 8.70. The lowest BCUT2D eigenvalue weighted by atomic mass is 10.1. The molecule has 0 heterocycles. The number of carboxylic acids is 1. The molecular formula is C13H19NO4S. The molecule has 19 heavy (non-hydrogen) atoms. The van der Waals surface area contributed by atoms with Crippen molar-refractivity contribution in [3.63, 3.8) is 0 Å². The van der Waals surface area contributed by atoms with E-state index in [9.17, 15) is 13.2 Å². The van der Waals surface area contributed by atoms with E-state index in [4.69, 9.17) is 5.11 Å². The number of rotatable bonds is 5. The highest BCUT2D eigenvalue weighted by Crippen LogP contribution is 2.29. The van der Waals surface area contributed by atoms with Gasteiger partial charge in [-0.15, -0.1) is 0 Å². The molecule has 1 aromatic rings. The van der Waals surface area contributed by atoms with E-state index in [1.807, 2.05) is 19.1 Å². The molecule has 0 radical (unpaired) electrons. The highest BCUT2D eigenvalue weighted by atomic mass is 32.2. The molecule has 106 valence electrons. The van der Waals surface area contributed by atoms with Crippen molar-refractivity contribution in [3.05, 3.63) is 29.3 Å². The van der Waals surface area contributed by atoms with Gasteiger partial charge in [0.15, 0.2) is 0 Å². The molecule has 0 aromatic heterocycles. The minimum absolute atomic E-state index is 0.474. The monoisotopic (exact) mass is 285 g/mol. The number of anilines is 1. The predicted molar refractivity (Wildman–Crippen MR) is 75.0 cm³/mol. The standard InChI is InChI=1S/C13H19NO4S/c1-5-11-8-6-7-9(2)12(11)14(19(4,17)18)10(3)13(15)16/h6-8,10H,5H2,1-4H3,(H,15,16). The molecule has 5 nitrogen and oxygen atoms in total. The first-order valence-electron chi connectivity index (χ1n) is 6.00. The third-order valence-corrected chi connectivity index (χ3v) is 4.20. The minimum atomic E-state index is -3.66. The lowest BCUT2D eigenvalue weighted by Crippen LogP contribution is -2.43. The molecule has 0 aliphatic heterocycles. The predicted octanol–water partition coefficient (Wildman–Crippen LogP) is 1.80. The molecule has 1 aromatic carbocycles. The summed E-state index contributed by atoms with van der Waals surface area (Å²) in [7, 11) is -3.66.